The molecule has 0 aromatic heterocycles. The smallest absolute Gasteiger partial charge is 0.246 e. The summed E-state index contributed by atoms with van der Waals surface area (Å²) in [4.78, 5) is 162. The van der Waals surface area contributed by atoms with Crippen LogP contribution in [0.4, 0.5) is 0 Å². The molecular weight excluding hydrogens is 1270 g/mol. The predicted octanol–water partition coefficient (Wildman–Crippen LogP) is 1.89. The molecule has 3 saturated heterocycles. The minimum absolute atomic E-state index is 0. The number of nitrogens with two attached hydrogens (primary N) is 2. The lowest BCUT2D eigenvalue weighted by atomic mass is 9.99. The zero-order valence-electron chi connectivity index (χ0n) is 53.1. The van der Waals surface area contributed by atoms with Crippen LogP contribution in [0, 0.1) is 23.7 Å². The highest BCUT2D eigenvalue weighted by atomic mass is 79.9. The largest absolute Gasteiger partial charge is 0.343 e. The Kier molecular flexibility index (Phi) is 32.4. The van der Waals surface area contributed by atoms with Gasteiger partial charge in [-0.05, 0) is 119 Å². The molecule has 26 heteroatoms. The van der Waals surface area contributed by atoms with Crippen molar-refractivity contribution in [3.05, 3.63) is 71.8 Å². The lowest BCUT2D eigenvalue weighted by Gasteiger charge is -2.32. The first-order chi connectivity index (χ1) is 41.3. The zero-order valence-corrected chi connectivity index (χ0v) is 56.5. The normalized spacial score (nSPS) is 26.3. The standard InChI is InChI=1S/C63H97N13O11.2BrH/c1-36(2)32-45-56(80)66-40(9)53(77)71-47(34-41-20-12-10-13-21-41)62(86)75-30-18-26-49(75)58(82)73-52(39(7)8)61(85)68-44(25-17-29-65)55(79)70-46(33-37(3)4)57(81)72-48(35-42-22-14-11-15-23-42)63(87)76-31-19-27-50(76)59(83)74-51(38(5)6)60(84)67-43(24-16-28-64)54(78)69-45;;/h10-15,20-23,36-40,43-52H,16-19,24-35,64-65H2,1-9H3,(H,66,80)(H,67,84)(H,68,85)(H,69,78)(H,70,79)(H,71,77)(H,72,81)(H,73,82)(H,74,83);2*1H/t40-,43-,44-,45-,46-,47+,48+,49-,50-,51-,52-;;/m0../s1. The number of nitrogens with one attached hydrogen (secondary N) is 9. The molecule has 0 radical (unpaired) electrons. The molecule has 11 amide bonds. The van der Waals surface area contributed by atoms with Crippen molar-refractivity contribution in [2.75, 3.05) is 26.2 Å². The molecule has 5 rings (SSSR count). The van der Waals surface area contributed by atoms with Crippen LogP contribution in [0.1, 0.15) is 138 Å². The van der Waals surface area contributed by atoms with E-state index in [2.05, 4.69) is 47.9 Å². The van der Waals surface area contributed by atoms with Gasteiger partial charge in [-0.3, -0.25) is 52.7 Å². The Balaban J connectivity index is 0.0000104. The summed E-state index contributed by atoms with van der Waals surface area (Å²) < 4.78 is 0. The van der Waals surface area contributed by atoms with Crippen LogP contribution in [0.25, 0.3) is 0 Å². The van der Waals surface area contributed by atoms with Crippen molar-refractivity contribution in [1.29, 1.82) is 0 Å². The molecule has 89 heavy (non-hydrogen) atoms. The Morgan fingerprint density at radius 3 is 1.09 bits per heavy atom. The summed E-state index contributed by atoms with van der Waals surface area (Å²) in [5.74, 6) is -8.81. The molecule has 3 aliphatic rings. The van der Waals surface area contributed by atoms with Gasteiger partial charge in [-0.15, -0.1) is 34.0 Å². The van der Waals surface area contributed by atoms with Crippen LogP contribution in [0.15, 0.2) is 60.7 Å². The van der Waals surface area contributed by atoms with Crippen LogP contribution in [-0.2, 0) is 65.6 Å². The van der Waals surface area contributed by atoms with Gasteiger partial charge < -0.3 is 69.1 Å². The van der Waals surface area contributed by atoms with Crippen LogP contribution in [-0.4, -0.2) is 167 Å². The fraction of sp³-hybridized carbons (Fsp3) is 0.635. The summed E-state index contributed by atoms with van der Waals surface area (Å²) in [5, 5.41) is 25.3. The number of hydrogen-bond donors (Lipinski definition) is 11. The van der Waals surface area contributed by atoms with Crippen LogP contribution < -0.4 is 59.3 Å². The van der Waals surface area contributed by atoms with Crippen LogP contribution in [0.2, 0.25) is 0 Å². The van der Waals surface area contributed by atoms with Crippen molar-refractivity contribution in [2.45, 2.75) is 206 Å². The summed E-state index contributed by atoms with van der Waals surface area (Å²) in [7, 11) is 0. The molecule has 0 aliphatic carbocycles. The molecule has 0 spiro atoms. The molecule has 0 unspecified atom stereocenters. The molecule has 2 aromatic carbocycles. The van der Waals surface area contributed by atoms with E-state index >= 15 is 0 Å². The van der Waals surface area contributed by atoms with Crippen LogP contribution in [0.3, 0.4) is 0 Å². The number of benzene rings is 2. The topological polar surface area (TPSA) is 355 Å². The molecule has 496 valence electrons. The first kappa shape index (κ1) is 76.7. The molecule has 3 heterocycles. The van der Waals surface area contributed by atoms with E-state index in [1.54, 1.807) is 88.4 Å². The first-order valence-electron chi connectivity index (χ1n) is 31.2. The second-order valence-electron chi connectivity index (χ2n) is 24.9. The van der Waals surface area contributed by atoms with Gasteiger partial charge in [0.25, 0.3) is 0 Å². The Hall–Kier alpha value is -6.51. The predicted molar refractivity (Wildman–Crippen MR) is 349 cm³/mol. The average Bonchev–Trinajstić information content (AvgIpc) is 2.86. The molecule has 0 bridgehead atoms. The molecule has 3 aliphatic heterocycles. The Morgan fingerprint density at radius 1 is 0.416 bits per heavy atom. The summed E-state index contributed by atoms with van der Waals surface area (Å²) in [6, 6.07) is 4.70. The highest BCUT2D eigenvalue weighted by Gasteiger charge is 2.43. The molecule has 3 fully saturated rings. The van der Waals surface area contributed by atoms with E-state index in [1.165, 1.54) is 16.7 Å². The first-order valence-corrected chi connectivity index (χ1v) is 31.2. The van der Waals surface area contributed by atoms with Gasteiger partial charge in [-0.25, -0.2) is 0 Å². The summed E-state index contributed by atoms with van der Waals surface area (Å²) in [6.07, 6.45) is 2.24. The number of halogens is 2. The summed E-state index contributed by atoms with van der Waals surface area (Å²) in [5.41, 5.74) is 13.2. The van der Waals surface area contributed by atoms with E-state index in [9.17, 15) is 52.7 Å². The summed E-state index contributed by atoms with van der Waals surface area (Å²) in [6.45, 7) is 16.3. The van der Waals surface area contributed by atoms with E-state index in [4.69, 9.17) is 11.5 Å². The SMILES string of the molecule is Br.Br.CC(C)C[C@@H]1NC(=O)[C@H](CCCN)NC(=O)[C@H](C(C)C)NC(=O)[C@@H]2CCCN2C(=O)[C@@H](Cc2ccccc2)NC(=O)[C@H](CC(C)C)NC(=O)[C@H](CCCN)NC(=O)[C@H](C(C)C)NC(=O)[C@@H]2CCCN2C(=O)[C@@H](Cc2ccccc2)NC(=O)[C@H](C)NC1=O. The number of rotatable bonds is 16. The number of nitrogens with zero attached hydrogens (tertiary/aromatic N) is 2. The maximum Gasteiger partial charge on any atom is 0.246 e. The van der Waals surface area contributed by atoms with E-state index in [1.807, 2.05) is 27.7 Å². The lowest BCUT2D eigenvalue weighted by Crippen LogP contribution is -2.61. The van der Waals surface area contributed by atoms with Gasteiger partial charge in [-0.1, -0.05) is 116 Å². The van der Waals surface area contributed by atoms with E-state index in [0.29, 0.717) is 24.0 Å². The minimum Gasteiger partial charge on any atom is -0.343 e. The van der Waals surface area contributed by atoms with Crippen molar-refractivity contribution in [1.82, 2.24) is 57.7 Å². The van der Waals surface area contributed by atoms with Gasteiger partial charge in [0.2, 0.25) is 65.0 Å². The second-order valence-corrected chi connectivity index (χ2v) is 24.9. The monoisotopic (exact) mass is 1370 g/mol. The van der Waals surface area contributed by atoms with Crippen molar-refractivity contribution < 1.29 is 52.7 Å². The van der Waals surface area contributed by atoms with Gasteiger partial charge >= 0.3 is 0 Å². The Labute approximate surface area is 545 Å². The number of fused-ring (bicyclic) bond motifs is 2. The van der Waals surface area contributed by atoms with Crippen molar-refractivity contribution >= 4 is 98.9 Å². The van der Waals surface area contributed by atoms with Crippen molar-refractivity contribution in [2.24, 2.45) is 35.1 Å². The number of carbonyl (C=O) groups excluding carboxylic acids is 11. The van der Waals surface area contributed by atoms with Gasteiger partial charge in [-0.2, -0.15) is 0 Å². The van der Waals surface area contributed by atoms with E-state index < -0.39 is 143 Å². The van der Waals surface area contributed by atoms with Crippen LogP contribution in [0.5, 0.6) is 0 Å². The molecule has 13 N–H and O–H groups in total. The molecule has 11 atom stereocenters. The Morgan fingerprint density at radius 2 is 0.742 bits per heavy atom. The third-order valence-electron chi connectivity index (χ3n) is 16.1. The van der Waals surface area contributed by atoms with Gasteiger partial charge in [0.05, 0.1) is 0 Å². The van der Waals surface area contributed by atoms with Crippen molar-refractivity contribution in [3.8, 4) is 0 Å². The maximum absolute atomic E-state index is 15.0. The average molecular weight is 1370 g/mol. The zero-order chi connectivity index (χ0) is 64.1. The third-order valence-corrected chi connectivity index (χ3v) is 16.1. The fourth-order valence-corrected chi connectivity index (χ4v) is 11.3. The van der Waals surface area contributed by atoms with E-state index in [0.717, 1.165) is 0 Å². The van der Waals surface area contributed by atoms with Gasteiger partial charge in [0.15, 0.2) is 0 Å². The molecule has 2 aromatic rings. The number of amides is 11. The quantitative estimate of drug-likeness (QED) is 0.115. The minimum atomic E-state index is -1.26. The Bertz CT molecular complexity index is 2690. The second kappa shape index (κ2) is 37.6. The third kappa shape index (κ3) is 23.0. The highest BCUT2D eigenvalue weighted by molar-refractivity contribution is 8.93. The summed E-state index contributed by atoms with van der Waals surface area (Å²) >= 11 is 0. The van der Waals surface area contributed by atoms with Crippen molar-refractivity contribution in [3.63, 3.8) is 0 Å². The molecular formula is C63H99Br2N13O11. The number of carbonyl (C=O) groups is 11. The highest BCUT2D eigenvalue weighted by Crippen LogP contribution is 2.24. The van der Waals surface area contributed by atoms with Gasteiger partial charge in [0, 0.05) is 25.9 Å². The van der Waals surface area contributed by atoms with Crippen LogP contribution >= 0.6 is 34.0 Å². The molecule has 0 saturated carbocycles. The lowest BCUT2D eigenvalue weighted by molar-refractivity contribution is -0.143. The van der Waals surface area contributed by atoms with Gasteiger partial charge in [0.1, 0.15) is 66.5 Å². The fourth-order valence-electron chi connectivity index (χ4n) is 11.3. The maximum atomic E-state index is 15.0. The van der Waals surface area contributed by atoms with E-state index in [-0.39, 0.29) is 136 Å². The number of hydrogen-bond acceptors (Lipinski definition) is 13. The molecule has 24 nitrogen and oxygen atoms in total.